The van der Waals surface area contributed by atoms with Crippen LogP contribution in [0.2, 0.25) is 5.02 Å². The number of hydrogen-bond donors (Lipinski definition) is 5. The van der Waals surface area contributed by atoms with Crippen molar-refractivity contribution in [1.29, 1.82) is 0 Å². The quantitative estimate of drug-likeness (QED) is 0.0216. The topological polar surface area (TPSA) is 201 Å². The molecular formula is C51H60ClF3N8O7. The number of H-pyrrole nitrogens is 1. The minimum Gasteiger partial charge on any atom is -0.491 e. The Kier molecular flexibility index (Phi) is 22.1. The van der Waals surface area contributed by atoms with Gasteiger partial charge in [0.2, 0.25) is 11.9 Å². The fraction of sp³-hybridized carbons (Fsp3) is 0.333. The van der Waals surface area contributed by atoms with Gasteiger partial charge < -0.3 is 40.5 Å². The standard InChI is InChI=1S/C40H38ClF3N6O6.C11H22N2O/c1-50(35-4-2-3-27(22-51)32(35)23-52)18-17-46-36(53)24-55-19-20-56-30-13-5-25(6-14-30)7-15-31(37(45)26-8-10-28(11-9-26)40(42,43)44)38(54)49-39-47-33-16-12-29(41)21-34(33)48-39;1-5-6-10(12-2)7-8-11(9-14)13(3)4/h2-6,8-14,16,21-23H,7,15,17-20,24,45H2,1H3,(H,46,53)(H2,47,48,49,54);6,9,11-12H,5,7-8H2,1-4H3/b37-31-;10-6-. The van der Waals surface area contributed by atoms with Gasteiger partial charge in [-0.25, -0.2) is 4.98 Å². The number of carbonyl (C=O) groups excluding carboxylic acids is 5. The lowest BCUT2D eigenvalue weighted by molar-refractivity contribution is -0.137. The minimum atomic E-state index is -4.53. The lowest BCUT2D eigenvalue weighted by atomic mass is 9.98. The van der Waals surface area contributed by atoms with E-state index in [0.717, 1.165) is 43.2 Å². The van der Waals surface area contributed by atoms with E-state index in [1.54, 1.807) is 72.6 Å². The van der Waals surface area contributed by atoms with Crippen LogP contribution >= 0.6 is 11.6 Å². The Morgan fingerprint density at radius 3 is 2.30 bits per heavy atom. The number of likely N-dealkylation sites (N-methyl/N-ethyl adjacent to an activating group) is 2. The molecule has 0 saturated carbocycles. The van der Waals surface area contributed by atoms with Crippen molar-refractivity contribution in [3.8, 4) is 5.75 Å². The molecule has 0 aliphatic carbocycles. The number of nitrogens with zero attached hydrogens (tertiary/aromatic N) is 3. The summed E-state index contributed by atoms with van der Waals surface area (Å²) in [6.07, 6.45) is 3.25. The third kappa shape index (κ3) is 17.2. The van der Waals surface area contributed by atoms with Crippen molar-refractivity contribution in [2.24, 2.45) is 5.73 Å². The average Bonchev–Trinajstić information content (AvgIpc) is 3.74. The first kappa shape index (κ1) is 55.6. The highest BCUT2D eigenvalue weighted by Crippen LogP contribution is 2.31. The number of aromatic nitrogens is 2. The summed E-state index contributed by atoms with van der Waals surface area (Å²) in [6, 6.07) is 21.3. The molecule has 5 rings (SSSR count). The van der Waals surface area contributed by atoms with E-state index < -0.39 is 17.6 Å². The molecule has 0 spiro atoms. The van der Waals surface area contributed by atoms with Crippen molar-refractivity contribution in [2.45, 2.75) is 51.2 Å². The summed E-state index contributed by atoms with van der Waals surface area (Å²) in [5.41, 5.74) is 10.4. The molecule has 15 nitrogen and oxygen atoms in total. The molecule has 6 N–H and O–H groups in total. The second-order valence-electron chi connectivity index (χ2n) is 16.1. The van der Waals surface area contributed by atoms with Crippen molar-refractivity contribution in [1.82, 2.24) is 25.5 Å². The van der Waals surface area contributed by atoms with Crippen LogP contribution in [0.15, 0.2) is 102 Å². The van der Waals surface area contributed by atoms with Crippen LogP contribution < -0.4 is 31.3 Å². The average molecular weight is 990 g/mol. The van der Waals surface area contributed by atoms with Gasteiger partial charge in [-0.3, -0.25) is 29.4 Å². The van der Waals surface area contributed by atoms with E-state index in [1.807, 2.05) is 26.0 Å². The number of fused-ring (bicyclic) bond motifs is 1. The zero-order chi connectivity index (χ0) is 51.2. The predicted molar refractivity (Wildman–Crippen MR) is 267 cm³/mol. The summed E-state index contributed by atoms with van der Waals surface area (Å²) in [4.78, 5) is 70.3. The number of nitrogens with one attached hydrogen (secondary N) is 4. The van der Waals surface area contributed by atoms with Gasteiger partial charge in [-0.1, -0.05) is 61.0 Å². The van der Waals surface area contributed by atoms with E-state index in [2.05, 4.69) is 38.9 Å². The van der Waals surface area contributed by atoms with Crippen LogP contribution in [0.4, 0.5) is 24.8 Å². The summed E-state index contributed by atoms with van der Waals surface area (Å²) in [7, 11) is 7.54. The fourth-order valence-corrected chi connectivity index (χ4v) is 7.18. The molecule has 19 heteroatoms. The highest BCUT2D eigenvalue weighted by molar-refractivity contribution is 6.31. The van der Waals surface area contributed by atoms with Crippen molar-refractivity contribution in [3.63, 3.8) is 0 Å². The number of ether oxygens (including phenoxy) is 2. The Hall–Kier alpha value is -7.02. The number of halogens is 4. The zero-order valence-electron chi connectivity index (χ0n) is 39.8. The molecule has 70 heavy (non-hydrogen) atoms. The predicted octanol–water partition coefficient (Wildman–Crippen LogP) is 7.86. The van der Waals surface area contributed by atoms with Gasteiger partial charge in [-0.2, -0.15) is 13.2 Å². The Morgan fingerprint density at radius 2 is 1.67 bits per heavy atom. The van der Waals surface area contributed by atoms with Crippen LogP contribution in [0.5, 0.6) is 5.75 Å². The third-order valence-electron chi connectivity index (χ3n) is 11.0. The highest BCUT2D eigenvalue weighted by atomic mass is 35.5. The number of benzene rings is 4. The number of imidazole rings is 1. The molecule has 1 atom stereocenters. The molecule has 0 saturated heterocycles. The summed E-state index contributed by atoms with van der Waals surface area (Å²) in [5, 5.41) is 9.07. The van der Waals surface area contributed by atoms with Crippen LogP contribution in [-0.4, -0.2) is 113 Å². The van der Waals surface area contributed by atoms with Crippen molar-refractivity contribution in [3.05, 3.63) is 135 Å². The molecule has 0 bridgehead atoms. The summed E-state index contributed by atoms with van der Waals surface area (Å²) in [6.45, 7) is 2.91. The van der Waals surface area contributed by atoms with Crippen LogP contribution in [0.3, 0.4) is 0 Å². The maximum Gasteiger partial charge on any atom is 0.416 e. The number of aryl methyl sites for hydroxylation is 1. The van der Waals surface area contributed by atoms with E-state index in [4.69, 9.17) is 26.8 Å². The van der Waals surface area contributed by atoms with Crippen molar-refractivity contribution < 1.29 is 46.6 Å². The SMILES string of the molecule is CC/C=C(/CCC(C=O)N(C)C)NC.CN(CCNC(=O)COCCOc1ccc(CC/C(C(=O)Nc2nc3ccc(Cl)cc3[nH]2)=C(/N)c2ccc(C(F)(F)F)cc2)cc1)c1cccc(C=O)c1C=O. The summed E-state index contributed by atoms with van der Waals surface area (Å²) < 4.78 is 50.7. The molecule has 0 fully saturated rings. The number of carbonyl (C=O) groups is 5. The van der Waals surface area contributed by atoms with Gasteiger partial charge in [-0.15, -0.1) is 0 Å². The number of allylic oxidation sites excluding steroid dienone is 2. The molecular weight excluding hydrogens is 929 g/mol. The van der Waals surface area contributed by atoms with Gasteiger partial charge in [0.15, 0.2) is 12.6 Å². The monoisotopic (exact) mass is 988 g/mol. The molecule has 0 aliphatic rings. The van der Waals surface area contributed by atoms with Gasteiger partial charge in [-0.05, 0) is 106 Å². The molecule has 0 aliphatic heterocycles. The lowest BCUT2D eigenvalue weighted by Gasteiger charge is -2.21. The Labute approximate surface area is 410 Å². The Morgan fingerprint density at radius 1 is 0.943 bits per heavy atom. The van der Waals surface area contributed by atoms with E-state index in [0.29, 0.717) is 58.6 Å². The van der Waals surface area contributed by atoms with Crippen molar-refractivity contribution >= 4 is 70.6 Å². The number of alkyl halides is 3. The first-order valence-corrected chi connectivity index (χ1v) is 22.8. The zero-order valence-corrected chi connectivity index (χ0v) is 40.6. The van der Waals surface area contributed by atoms with Gasteiger partial charge in [0.1, 0.15) is 25.2 Å². The Balaban J connectivity index is 0.000000660. The number of anilines is 2. The van der Waals surface area contributed by atoms with Gasteiger partial charge in [0.25, 0.3) is 5.91 Å². The number of aromatic amines is 1. The van der Waals surface area contributed by atoms with E-state index in [1.165, 1.54) is 17.8 Å². The molecule has 5 aromatic rings. The van der Waals surface area contributed by atoms with E-state index in [-0.39, 0.29) is 73.1 Å². The fourth-order valence-electron chi connectivity index (χ4n) is 7.01. The highest BCUT2D eigenvalue weighted by Gasteiger charge is 2.30. The number of aldehydes is 3. The van der Waals surface area contributed by atoms with Gasteiger partial charge in [0, 0.05) is 66.0 Å². The van der Waals surface area contributed by atoms with Crippen LogP contribution in [0.1, 0.15) is 70.0 Å². The maximum atomic E-state index is 13.6. The minimum absolute atomic E-state index is 0.0194. The second-order valence-corrected chi connectivity index (χ2v) is 16.5. The van der Waals surface area contributed by atoms with E-state index >= 15 is 0 Å². The summed E-state index contributed by atoms with van der Waals surface area (Å²) >= 11 is 6.07. The second kappa shape index (κ2) is 27.8. The molecule has 1 unspecified atom stereocenters. The first-order valence-electron chi connectivity index (χ1n) is 22.4. The van der Waals surface area contributed by atoms with Crippen molar-refractivity contribution in [2.75, 3.05) is 71.3 Å². The molecule has 1 aromatic heterocycles. The number of hydrogen-bond acceptors (Lipinski definition) is 12. The normalized spacial score (nSPS) is 12.3. The van der Waals surface area contributed by atoms with E-state index in [9.17, 15) is 37.1 Å². The largest absolute Gasteiger partial charge is 0.491 e. The smallest absolute Gasteiger partial charge is 0.416 e. The van der Waals surface area contributed by atoms with Crippen LogP contribution in [0, 0.1) is 0 Å². The number of rotatable bonds is 25. The van der Waals surface area contributed by atoms with Crippen LogP contribution in [-0.2, 0) is 31.7 Å². The number of nitrogens with two attached hydrogens (primary N) is 1. The molecule has 4 aromatic carbocycles. The molecule has 1 heterocycles. The third-order valence-corrected chi connectivity index (χ3v) is 11.2. The number of amides is 2. The molecule has 0 radical (unpaired) electrons. The van der Waals surface area contributed by atoms with Crippen LogP contribution in [0.25, 0.3) is 16.7 Å². The molecule has 2 amide bonds. The van der Waals surface area contributed by atoms with Gasteiger partial charge >= 0.3 is 6.18 Å². The summed E-state index contributed by atoms with van der Waals surface area (Å²) in [5.74, 6) is -0.221. The van der Waals surface area contributed by atoms with Gasteiger partial charge in [0.05, 0.1) is 29.2 Å². The molecule has 374 valence electrons. The first-order chi connectivity index (χ1) is 33.5. The maximum absolute atomic E-state index is 13.6. The lowest BCUT2D eigenvalue weighted by Crippen LogP contribution is -2.35. The Bertz CT molecular complexity index is 2580.